The van der Waals surface area contributed by atoms with Gasteiger partial charge in [-0.2, -0.15) is 16.9 Å². The van der Waals surface area contributed by atoms with Gasteiger partial charge in [-0.1, -0.05) is 0 Å². The van der Waals surface area contributed by atoms with Crippen LogP contribution in [0, 0.1) is 0 Å². The number of aromatic nitrogens is 2. The number of nitrogens with zero attached hydrogens (tertiary/aromatic N) is 2. The molecule has 0 spiro atoms. The molecule has 72 valence electrons. The Bertz CT molecular complexity index is 300. The summed E-state index contributed by atoms with van der Waals surface area (Å²) >= 11 is 5.19. The summed E-state index contributed by atoms with van der Waals surface area (Å²) in [6.45, 7) is 0. The number of halogens is 1. The number of aliphatic hydroxyl groups is 1. The van der Waals surface area contributed by atoms with Crippen LogP contribution in [0.2, 0.25) is 0 Å². The predicted molar refractivity (Wildman–Crippen MR) is 56.7 cm³/mol. The van der Waals surface area contributed by atoms with E-state index < -0.39 is 5.60 Å². The fraction of sp³-hybridized carbons (Fsp3) is 0.625. The highest BCUT2D eigenvalue weighted by Gasteiger charge is 2.37. The van der Waals surface area contributed by atoms with Crippen molar-refractivity contribution in [3.8, 4) is 0 Å². The molecular formula is C8H11BrN2OS. The lowest BCUT2D eigenvalue weighted by atomic mass is 9.99. The summed E-state index contributed by atoms with van der Waals surface area (Å²) in [6, 6.07) is 0. The molecule has 1 saturated heterocycles. The fourth-order valence-electron chi connectivity index (χ4n) is 1.68. The zero-order chi connectivity index (χ0) is 9.47. The Balaban J connectivity index is 2.43. The molecule has 2 heterocycles. The summed E-state index contributed by atoms with van der Waals surface area (Å²) in [5, 5.41) is 14.4. The maximum absolute atomic E-state index is 10.3. The van der Waals surface area contributed by atoms with Crippen LogP contribution in [0.1, 0.15) is 12.1 Å². The zero-order valence-corrected chi connectivity index (χ0v) is 9.73. The minimum atomic E-state index is -0.686. The lowest BCUT2D eigenvalue weighted by Gasteiger charge is -2.21. The van der Waals surface area contributed by atoms with Crippen LogP contribution in [-0.4, -0.2) is 26.4 Å². The lowest BCUT2D eigenvalue weighted by Crippen LogP contribution is -2.28. The Morgan fingerprint density at radius 3 is 3.00 bits per heavy atom. The van der Waals surface area contributed by atoms with Gasteiger partial charge in [-0.3, -0.25) is 4.68 Å². The summed E-state index contributed by atoms with van der Waals surface area (Å²) in [5.74, 6) is 1.79. The molecule has 0 amide bonds. The summed E-state index contributed by atoms with van der Waals surface area (Å²) in [5.41, 5.74) is 0.215. The molecule has 1 aromatic rings. The Morgan fingerprint density at radius 2 is 2.54 bits per heavy atom. The number of aryl methyl sites for hydroxylation is 1. The Morgan fingerprint density at radius 1 is 1.77 bits per heavy atom. The largest absolute Gasteiger partial charge is 0.383 e. The van der Waals surface area contributed by atoms with Gasteiger partial charge in [0.15, 0.2) is 0 Å². The quantitative estimate of drug-likeness (QED) is 0.834. The number of hydrogen-bond acceptors (Lipinski definition) is 3. The molecular weight excluding hydrogens is 252 g/mol. The van der Waals surface area contributed by atoms with Crippen LogP contribution in [0.25, 0.3) is 0 Å². The average molecular weight is 263 g/mol. The van der Waals surface area contributed by atoms with E-state index in [0.29, 0.717) is 0 Å². The first kappa shape index (κ1) is 9.55. The topological polar surface area (TPSA) is 38.0 Å². The molecule has 0 saturated carbocycles. The van der Waals surface area contributed by atoms with E-state index in [0.717, 1.165) is 28.1 Å². The van der Waals surface area contributed by atoms with Crippen molar-refractivity contribution in [1.82, 2.24) is 9.78 Å². The minimum absolute atomic E-state index is 0.686. The molecule has 1 aromatic heterocycles. The van der Waals surface area contributed by atoms with Crippen molar-refractivity contribution >= 4 is 27.7 Å². The van der Waals surface area contributed by atoms with E-state index in [2.05, 4.69) is 21.0 Å². The molecule has 1 aliphatic rings. The number of rotatable bonds is 1. The predicted octanol–water partition coefficient (Wildman–Crippen LogP) is 1.51. The van der Waals surface area contributed by atoms with Crippen LogP contribution in [0.3, 0.4) is 0 Å². The third kappa shape index (κ3) is 1.53. The Hall–Kier alpha value is -0.0000000000000000555. The van der Waals surface area contributed by atoms with Crippen molar-refractivity contribution in [3.05, 3.63) is 16.4 Å². The van der Waals surface area contributed by atoms with Gasteiger partial charge in [-0.25, -0.2) is 0 Å². The standard InChI is InChI=1S/C8H11BrN2OS/c1-11-7(6(9)4-10-11)8(12)2-3-13-5-8/h4,12H,2-3,5H2,1H3. The van der Waals surface area contributed by atoms with Gasteiger partial charge in [0.25, 0.3) is 0 Å². The van der Waals surface area contributed by atoms with Crippen LogP contribution in [0.15, 0.2) is 10.7 Å². The summed E-state index contributed by atoms with van der Waals surface area (Å²) in [6.07, 6.45) is 2.55. The van der Waals surface area contributed by atoms with E-state index in [-0.39, 0.29) is 0 Å². The molecule has 13 heavy (non-hydrogen) atoms. The van der Waals surface area contributed by atoms with Crippen molar-refractivity contribution in [1.29, 1.82) is 0 Å². The average Bonchev–Trinajstić information content (AvgIpc) is 2.60. The molecule has 0 aromatic carbocycles. The van der Waals surface area contributed by atoms with Crippen molar-refractivity contribution in [2.45, 2.75) is 12.0 Å². The van der Waals surface area contributed by atoms with Gasteiger partial charge < -0.3 is 5.11 Å². The second-order valence-electron chi connectivity index (χ2n) is 3.30. The van der Waals surface area contributed by atoms with E-state index in [1.54, 1.807) is 22.6 Å². The highest BCUT2D eigenvalue weighted by molar-refractivity contribution is 9.10. The summed E-state index contributed by atoms with van der Waals surface area (Å²) in [4.78, 5) is 0. The fourth-order valence-corrected chi connectivity index (χ4v) is 3.64. The highest BCUT2D eigenvalue weighted by Crippen LogP contribution is 2.39. The van der Waals surface area contributed by atoms with Gasteiger partial charge >= 0.3 is 0 Å². The third-order valence-corrected chi connectivity index (χ3v) is 4.09. The second kappa shape index (κ2) is 3.29. The van der Waals surface area contributed by atoms with E-state index in [1.165, 1.54) is 0 Å². The molecule has 0 radical (unpaired) electrons. The zero-order valence-electron chi connectivity index (χ0n) is 7.33. The Kier molecular flexibility index (Phi) is 2.42. The molecule has 1 unspecified atom stereocenters. The molecule has 3 nitrogen and oxygen atoms in total. The minimum Gasteiger partial charge on any atom is -0.383 e. The van der Waals surface area contributed by atoms with Crippen molar-refractivity contribution in [2.24, 2.45) is 7.05 Å². The van der Waals surface area contributed by atoms with Crippen LogP contribution >= 0.6 is 27.7 Å². The van der Waals surface area contributed by atoms with E-state index in [4.69, 9.17) is 0 Å². The Labute approximate surface area is 89.6 Å². The molecule has 2 rings (SSSR count). The summed E-state index contributed by atoms with van der Waals surface area (Å²) in [7, 11) is 1.86. The van der Waals surface area contributed by atoms with E-state index in [1.807, 2.05) is 7.05 Å². The third-order valence-electron chi connectivity index (χ3n) is 2.34. The first-order valence-electron chi connectivity index (χ1n) is 4.11. The monoisotopic (exact) mass is 262 g/mol. The summed E-state index contributed by atoms with van der Waals surface area (Å²) < 4.78 is 2.65. The molecule has 5 heteroatoms. The first-order valence-corrected chi connectivity index (χ1v) is 6.06. The number of thioether (sulfide) groups is 1. The lowest BCUT2D eigenvalue weighted by molar-refractivity contribution is 0.0562. The molecule has 0 bridgehead atoms. The van der Waals surface area contributed by atoms with Crippen molar-refractivity contribution in [2.75, 3.05) is 11.5 Å². The first-order chi connectivity index (χ1) is 6.13. The molecule has 1 atom stereocenters. The molecule has 1 aliphatic heterocycles. The molecule has 1 N–H and O–H groups in total. The van der Waals surface area contributed by atoms with Crippen LogP contribution in [0.4, 0.5) is 0 Å². The van der Waals surface area contributed by atoms with Crippen LogP contribution in [-0.2, 0) is 12.6 Å². The van der Waals surface area contributed by atoms with Crippen LogP contribution < -0.4 is 0 Å². The van der Waals surface area contributed by atoms with E-state index in [9.17, 15) is 5.11 Å². The van der Waals surface area contributed by atoms with Crippen molar-refractivity contribution in [3.63, 3.8) is 0 Å². The maximum Gasteiger partial charge on any atom is 0.117 e. The maximum atomic E-state index is 10.3. The van der Waals surface area contributed by atoms with E-state index >= 15 is 0 Å². The molecule has 1 fully saturated rings. The van der Waals surface area contributed by atoms with Gasteiger partial charge in [0.1, 0.15) is 5.60 Å². The SMILES string of the molecule is Cn1ncc(Br)c1C1(O)CCSC1. The van der Waals surface area contributed by atoms with Gasteiger partial charge in [0, 0.05) is 12.8 Å². The van der Waals surface area contributed by atoms with Gasteiger partial charge in [0.2, 0.25) is 0 Å². The van der Waals surface area contributed by atoms with Gasteiger partial charge in [-0.05, 0) is 28.1 Å². The van der Waals surface area contributed by atoms with Crippen LogP contribution in [0.5, 0.6) is 0 Å². The van der Waals surface area contributed by atoms with Gasteiger partial charge in [0.05, 0.1) is 16.4 Å². The van der Waals surface area contributed by atoms with Crippen molar-refractivity contribution < 1.29 is 5.11 Å². The second-order valence-corrected chi connectivity index (χ2v) is 5.26. The number of hydrogen-bond donors (Lipinski definition) is 1. The molecule has 0 aliphatic carbocycles. The smallest absolute Gasteiger partial charge is 0.117 e. The van der Waals surface area contributed by atoms with Gasteiger partial charge in [-0.15, -0.1) is 0 Å². The normalized spacial score (nSPS) is 28.2. The highest BCUT2D eigenvalue weighted by atomic mass is 79.9.